The zero-order valence-corrected chi connectivity index (χ0v) is 19.2. The van der Waals surface area contributed by atoms with Crippen molar-refractivity contribution in [3.05, 3.63) is 50.7 Å². The van der Waals surface area contributed by atoms with Gasteiger partial charge >= 0.3 is 11.9 Å². The number of hydrogen-bond acceptors (Lipinski definition) is 7. The Bertz CT molecular complexity index is 1060. The molecule has 1 aromatic heterocycles. The Labute approximate surface area is 194 Å². The van der Waals surface area contributed by atoms with Gasteiger partial charge in [-0.1, -0.05) is 12.1 Å². The van der Waals surface area contributed by atoms with Gasteiger partial charge in [-0.25, -0.2) is 9.48 Å². The number of halogens is 3. The van der Waals surface area contributed by atoms with E-state index in [0.29, 0.717) is 45.8 Å². The molecule has 1 aliphatic heterocycles. The minimum absolute atomic E-state index is 0.116. The fourth-order valence-corrected chi connectivity index (χ4v) is 3.64. The van der Waals surface area contributed by atoms with Gasteiger partial charge in [-0.15, -0.1) is 5.10 Å². The van der Waals surface area contributed by atoms with Gasteiger partial charge in [0.05, 0.1) is 31.9 Å². The van der Waals surface area contributed by atoms with Crippen LogP contribution in [-0.2, 0) is 29.2 Å². The molecule has 3 rings (SSSR count). The second kappa shape index (κ2) is 11.5. The molecule has 0 spiro atoms. The van der Waals surface area contributed by atoms with Crippen molar-refractivity contribution in [3.63, 3.8) is 0 Å². The highest BCUT2D eigenvalue weighted by molar-refractivity contribution is 5.37. The van der Waals surface area contributed by atoms with E-state index in [9.17, 15) is 22.8 Å². The molecule has 0 unspecified atom stereocenters. The number of piperidine rings is 1. The third-order valence-electron chi connectivity index (χ3n) is 5.47. The van der Waals surface area contributed by atoms with Crippen molar-refractivity contribution in [2.24, 2.45) is 7.05 Å². The Morgan fingerprint density at radius 2 is 1.74 bits per heavy atom. The van der Waals surface area contributed by atoms with Crippen molar-refractivity contribution in [3.8, 4) is 5.75 Å². The molecule has 0 N–H and O–H groups in total. The first-order chi connectivity index (χ1) is 16.2. The summed E-state index contributed by atoms with van der Waals surface area (Å²) in [5, 5.41) is 4.24. The average Bonchev–Trinajstić information content (AvgIpc) is 2.81. The van der Waals surface area contributed by atoms with Crippen LogP contribution < -0.4 is 20.9 Å². The summed E-state index contributed by atoms with van der Waals surface area (Å²) in [5.74, 6) is -0.0917. The largest absolute Gasteiger partial charge is 0.490 e. The topological polar surface area (TPSA) is 87.8 Å². The summed E-state index contributed by atoms with van der Waals surface area (Å²) in [6.07, 6.45) is -4.14. The summed E-state index contributed by atoms with van der Waals surface area (Å²) < 4.78 is 58.1. The van der Waals surface area contributed by atoms with Crippen LogP contribution in [-0.4, -0.2) is 60.0 Å². The fraction of sp³-hybridized carbons (Fsp3) is 0.591. The van der Waals surface area contributed by atoms with E-state index < -0.39 is 29.1 Å². The van der Waals surface area contributed by atoms with Crippen LogP contribution in [0.2, 0.25) is 0 Å². The van der Waals surface area contributed by atoms with E-state index in [2.05, 4.69) is 5.10 Å². The molecule has 0 atom stereocenters. The lowest BCUT2D eigenvalue weighted by Gasteiger charge is -2.33. The summed E-state index contributed by atoms with van der Waals surface area (Å²) in [6, 6.07) is 5.11. The maximum absolute atomic E-state index is 13.2. The second-order valence-electron chi connectivity index (χ2n) is 7.80. The summed E-state index contributed by atoms with van der Waals surface area (Å²) in [5.41, 5.74) is -1.90. The Hall–Kier alpha value is -2.86. The fourth-order valence-electron chi connectivity index (χ4n) is 3.64. The SMILES string of the molecule is CCOCCOCCn1nc(N2CCC(Oc3ccccc3C(F)(F)F)CC2)c(=O)n(C)c1=O. The maximum atomic E-state index is 13.2. The molecule has 9 nitrogen and oxygen atoms in total. The van der Waals surface area contributed by atoms with Gasteiger partial charge in [0, 0.05) is 39.6 Å². The van der Waals surface area contributed by atoms with Gasteiger partial charge in [0.2, 0.25) is 5.82 Å². The first-order valence-electron chi connectivity index (χ1n) is 11.1. The number of aromatic nitrogens is 3. The number of para-hydroxylation sites is 1. The van der Waals surface area contributed by atoms with Crippen molar-refractivity contribution in [1.82, 2.24) is 14.3 Å². The van der Waals surface area contributed by atoms with E-state index in [1.54, 1.807) is 4.90 Å². The molecule has 188 valence electrons. The number of benzene rings is 1. The molecule has 1 aliphatic rings. The molecular formula is C22H29F3N4O5. The van der Waals surface area contributed by atoms with Gasteiger partial charge < -0.3 is 19.1 Å². The van der Waals surface area contributed by atoms with Gasteiger partial charge in [0.1, 0.15) is 11.9 Å². The highest BCUT2D eigenvalue weighted by atomic mass is 19.4. The van der Waals surface area contributed by atoms with E-state index >= 15 is 0 Å². The Balaban J connectivity index is 1.64. The minimum atomic E-state index is -4.51. The molecule has 34 heavy (non-hydrogen) atoms. The normalized spacial score (nSPS) is 15.0. The lowest BCUT2D eigenvalue weighted by molar-refractivity contribution is -0.139. The minimum Gasteiger partial charge on any atom is -0.490 e. The van der Waals surface area contributed by atoms with Gasteiger partial charge in [-0.3, -0.25) is 9.36 Å². The van der Waals surface area contributed by atoms with Crippen LogP contribution in [0.15, 0.2) is 33.9 Å². The maximum Gasteiger partial charge on any atom is 0.419 e. The Morgan fingerprint density at radius 1 is 1.06 bits per heavy atom. The van der Waals surface area contributed by atoms with Crippen LogP contribution in [0.4, 0.5) is 19.0 Å². The zero-order valence-electron chi connectivity index (χ0n) is 19.2. The Morgan fingerprint density at radius 3 is 2.41 bits per heavy atom. The third-order valence-corrected chi connectivity index (χ3v) is 5.47. The summed E-state index contributed by atoms with van der Waals surface area (Å²) in [7, 11) is 1.38. The van der Waals surface area contributed by atoms with Gasteiger partial charge in [-0.05, 0) is 19.1 Å². The van der Waals surface area contributed by atoms with Crippen LogP contribution in [0, 0.1) is 0 Å². The van der Waals surface area contributed by atoms with Crippen LogP contribution in [0.3, 0.4) is 0 Å². The number of hydrogen-bond donors (Lipinski definition) is 0. The number of nitrogens with zero attached hydrogens (tertiary/aromatic N) is 4. The monoisotopic (exact) mass is 486 g/mol. The van der Waals surface area contributed by atoms with E-state index in [-0.39, 0.29) is 24.7 Å². The average molecular weight is 486 g/mol. The predicted octanol–water partition coefficient (Wildman–Crippen LogP) is 2.06. The third kappa shape index (κ3) is 6.38. The van der Waals surface area contributed by atoms with Crippen LogP contribution in [0.5, 0.6) is 5.75 Å². The molecule has 1 saturated heterocycles. The van der Waals surface area contributed by atoms with E-state index in [4.69, 9.17) is 14.2 Å². The summed E-state index contributed by atoms with van der Waals surface area (Å²) in [6.45, 7) is 4.39. The van der Waals surface area contributed by atoms with Crippen LogP contribution in [0.1, 0.15) is 25.3 Å². The highest BCUT2D eigenvalue weighted by Gasteiger charge is 2.35. The molecule has 2 aromatic rings. The van der Waals surface area contributed by atoms with Gasteiger partial charge in [0.15, 0.2) is 0 Å². The highest BCUT2D eigenvalue weighted by Crippen LogP contribution is 2.37. The number of rotatable bonds is 10. The molecule has 0 amide bonds. The lowest BCUT2D eigenvalue weighted by Crippen LogP contribution is -2.47. The molecular weight excluding hydrogens is 457 g/mol. The second-order valence-corrected chi connectivity index (χ2v) is 7.80. The molecule has 0 saturated carbocycles. The van der Waals surface area contributed by atoms with Crippen molar-refractivity contribution in [1.29, 1.82) is 0 Å². The van der Waals surface area contributed by atoms with Gasteiger partial charge in [0.25, 0.3) is 5.56 Å². The standard InChI is InChI=1S/C22H29F3N4O5/c1-3-32-14-15-33-13-12-29-21(31)27(2)20(30)19(26-29)28-10-8-16(9-11-28)34-18-7-5-4-6-17(18)22(23,24)25/h4-7,16H,3,8-15H2,1-2H3. The van der Waals surface area contributed by atoms with Gasteiger partial charge in [-0.2, -0.15) is 13.2 Å². The molecule has 0 bridgehead atoms. The summed E-state index contributed by atoms with van der Waals surface area (Å²) in [4.78, 5) is 26.8. The first-order valence-corrected chi connectivity index (χ1v) is 11.1. The van der Waals surface area contributed by atoms with E-state index in [1.807, 2.05) is 6.92 Å². The van der Waals surface area contributed by atoms with Crippen LogP contribution in [0.25, 0.3) is 0 Å². The van der Waals surface area contributed by atoms with Crippen molar-refractivity contribution in [2.45, 2.75) is 38.6 Å². The Kier molecular flexibility index (Phi) is 8.72. The molecule has 2 heterocycles. The zero-order chi connectivity index (χ0) is 24.7. The number of alkyl halides is 3. The van der Waals surface area contributed by atoms with Crippen molar-refractivity contribution < 1.29 is 27.4 Å². The van der Waals surface area contributed by atoms with E-state index in [1.165, 1.54) is 29.9 Å². The molecule has 1 fully saturated rings. The lowest BCUT2D eigenvalue weighted by atomic mass is 10.1. The number of anilines is 1. The molecule has 0 aliphatic carbocycles. The smallest absolute Gasteiger partial charge is 0.419 e. The van der Waals surface area contributed by atoms with Crippen molar-refractivity contribution in [2.75, 3.05) is 44.4 Å². The molecule has 0 radical (unpaired) electrons. The molecule has 12 heteroatoms. The van der Waals surface area contributed by atoms with Crippen LogP contribution >= 0.6 is 0 Å². The van der Waals surface area contributed by atoms with Crippen molar-refractivity contribution >= 4 is 5.82 Å². The van der Waals surface area contributed by atoms with E-state index in [0.717, 1.165) is 10.6 Å². The summed E-state index contributed by atoms with van der Waals surface area (Å²) >= 11 is 0. The number of ether oxygens (including phenoxy) is 3. The molecule has 1 aromatic carbocycles. The quantitative estimate of drug-likeness (QED) is 0.475. The predicted molar refractivity (Wildman–Crippen MR) is 118 cm³/mol. The first kappa shape index (κ1) is 25.8.